The number of carbonyl (C=O) groups excluding carboxylic acids is 2. The largest absolute Gasteiger partial charge is 0.361 e. The highest BCUT2D eigenvalue weighted by Crippen LogP contribution is 2.26. The molecule has 0 aliphatic heterocycles. The summed E-state index contributed by atoms with van der Waals surface area (Å²) in [6.07, 6.45) is 3.21. The van der Waals surface area contributed by atoms with Crippen molar-refractivity contribution in [2.24, 2.45) is 0 Å². The molecule has 0 saturated heterocycles. The number of imidazole rings is 1. The molecule has 0 bridgehead atoms. The van der Waals surface area contributed by atoms with E-state index in [4.69, 9.17) is 21.6 Å². The fourth-order valence-electron chi connectivity index (χ4n) is 3.52. The number of halogens is 2. The first kappa shape index (κ1) is 28.2. The second kappa shape index (κ2) is 11.8. The van der Waals surface area contributed by atoms with E-state index in [9.17, 15) is 14.0 Å². The molecule has 1 N–H and O–H groups in total. The molecule has 9 nitrogen and oxygen atoms in total. The molecule has 3 rings (SSSR count). The van der Waals surface area contributed by atoms with Gasteiger partial charge in [-0.15, -0.1) is 0 Å². The van der Waals surface area contributed by atoms with Gasteiger partial charge in [0.15, 0.2) is 11.6 Å². The molecule has 0 aliphatic carbocycles. The Labute approximate surface area is 221 Å². The van der Waals surface area contributed by atoms with Gasteiger partial charge in [0.25, 0.3) is 5.91 Å². The number of aromatic nitrogens is 4. The minimum Gasteiger partial charge on any atom is -0.361 e. The number of hydrogen-bond donors (Lipinski definition) is 1. The molecular weight excluding hydrogens is 515 g/mol. The molecule has 0 aliphatic rings. The Bertz CT molecular complexity index is 1320. The lowest BCUT2D eigenvalue weighted by Gasteiger charge is -2.15. The lowest BCUT2D eigenvalue weighted by molar-refractivity contribution is 0.0804. The van der Waals surface area contributed by atoms with Crippen LogP contribution in [0.2, 0.25) is 30.7 Å². The molecule has 1 aromatic carbocycles. The summed E-state index contributed by atoms with van der Waals surface area (Å²) in [5.41, 5.74) is 0.818. The van der Waals surface area contributed by atoms with Crippen LogP contribution in [0, 0.1) is 17.1 Å². The van der Waals surface area contributed by atoms with Crippen molar-refractivity contribution in [3.05, 3.63) is 58.5 Å². The molecule has 0 spiro atoms. The van der Waals surface area contributed by atoms with Crippen molar-refractivity contribution >= 4 is 31.4 Å². The molecule has 2 aromatic heterocycles. The highest BCUT2D eigenvalue weighted by Gasteiger charge is 2.20. The van der Waals surface area contributed by atoms with Crippen LogP contribution in [0.4, 0.5) is 4.39 Å². The van der Waals surface area contributed by atoms with Crippen LogP contribution in [0.15, 0.2) is 30.6 Å². The topological polar surface area (TPSA) is 115 Å². The van der Waals surface area contributed by atoms with Gasteiger partial charge in [-0.05, 0) is 31.2 Å². The van der Waals surface area contributed by atoms with E-state index in [1.165, 1.54) is 25.3 Å². The van der Waals surface area contributed by atoms with Gasteiger partial charge in [0, 0.05) is 45.6 Å². The van der Waals surface area contributed by atoms with Crippen molar-refractivity contribution in [2.75, 3.05) is 6.61 Å². The van der Waals surface area contributed by atoms with Gasteiger partial charge in [-0.1, -0.05) is 31.2 Å². The standard InChI is InChI=1S/C25H30ClFN6O3Si/c1-16(13-33-7-6-22(31-33)18-10-20(26)19(12-28)21(27)11-18)29-25(35)23-14-32(24(30-23)17(2)34)15-36-8-9-37(3,4)5/h6-7,10-11,14,16H,8-9,13,15H2,1-5H3,(H,29,35)/t16-/m0/s1. The first-order chi connectivity index (χ1) is 17.4. The first-order valence-electron chi connectivity index (χ1n) is 11.8. The van der Waals surface area contributed by atoms with Gasteiger partial charge >= 0.3 is 0 Å². The number of rotatable bonds is 11. The molecular formula is C25H30ClFN6O3Si. The summed E-state index contributed by atoms with van der Waals surface area (Å²) in [5.74, 6) is -1.24. The molecule has 2 heterocycles. The summed E-state index contributed by atoms with van der Waals surface area (Å²) in [7, 11) is -1.24. The van der Waals surface area contributed by atoms with Gasteiger partial charge in [0.05, 0.1) is 17.3 Å². The Morgan fingerprint density at radius 1 is 1.32 bits per heavy atom. The highest BCUT2D eigenvalue weighted by molar-refractivity contribution is 6.76. The maximum atomic E-state index is 14.1. The molecule has 0 radical (unpaired) electrons. The number of ether oxygens (including phenoxy) is 1. The van der Waals surface area contributed by atoms with E-state index in [2.05, 4.69) is 35.0 Å². The Balaban J connectivity index is 1.63. The van der Waals surface area contributed by atoms with Crippen molar-refractivity contribution in [3.63, 3.8) is 0 Å². The van der Waals surface area contributed by atoms with Crippen molar-refractivity contribution in [2.45, 2.75) is 58.9 Å². The van der Waals surface area contributed by atoms with Crippen LogP contribution in [0.5, 0.6) is 0 Å². The zero-order chi connectivity index (χ0) is 27.3. The highest BCUT2D eigenvalue weighted by atomic mass is 35.5. The Morgan fingerprint density at radius 3 is 2.68 bits per heavy atom. The van der Waals surface area contributed by atoms with Crippen LogP contribution in [-0.4, -0.2) is 51.7 Å². The molecule has 37 heavy (non-hydrogen) atoms. The maximum Gasteiger partial charge on any atom is 0.271 e. The van der Waals surface area contributed by atoms with E-state index < -0.39 is 19.8 Å². The SMILES string of the molecule is CC(=O)c1nc(C(=O)N[C@@H](C)Cn2ccc(-c3cc(F)c(C#N)c(Cl)c3)n2)cn1COCC[Si](C)(C)C. The van der Waals surface area contributed by atoms with Gasteiger partial charge in [0.1, 0.15) is 29.9 Å². The fraction of sp³-hybridized carbons (Fsp3) is 0.400. The quantitative estimate of drug-likeness (QED) is 0.212. The zero-order valence-electron chi connectivity index (χ0n) is 21.5. The fourth-order valence-corrected chi connectivity index (χ4v) is 4.52. The van der Waals surface area contributed by atoms with Gasteiger partial charge in [-0.25, -0.2) is 9.37 Å². The molecule has 196 valence electrons. The smallest absolute Gasteiger partial charge is 0.271 e. The third-order valence-electron chi connectivity index (χ3n) is 5.48. The Kier molecular flexibility index (Phi) is 9.01. The molecule has 0 unspecified atom stereocenters. The molecule has 3 aromatic rings. The van der Waals surface area contributed by atoms with Crippen molar-refractivity contribution in [3.8, 4) is 17.3 Å². The van der Waals surface area contributed by atoms with Crippen molar-refractivity contribution < 1.29 is 18.7 Å². The van der Waals surface area contributed by atoms with E-state index in [0.29, 0.717) is 24.4 Å². The van der Waals surface area contributed by atoms with E-state index in [1.807, 2.05) is 0 Å². The van der Waals surface area contributed by atoms with E-state index in [-0.39, 0.29) is 40.7 Å². The second-order valence-electron chi connectivity index (χ2n) is 10.0. The number of hydrogen-bond acceptors (Lipinski definition) is 6. The number of carbonyl (C=O) groups is 2. The summed E-state index contributed by atoms with van der Waals surface area (Å²) in [5, 5.41) is 16.3. The van der Waals surface area contributed by atoms with Crippen LogP contribution < -0.4 is 5.32 Å². The number of nitrogens with one attached hydrogen (secondary N) is 1. The van der Waals surface area contributed by atoms with Gasteiger partial charge in [0.2, 0.25) is 0 Å². The monoisotopic (exact) mass is 544 g/mol. The van der Waals surface area contributed by atoms with Crippen molar-refractivity contribution in [1.82, 2.24) is 24.6 Å². The van der Waals surface area contributed by atoms with Crippen LogP contribution >= 0.6 is 11.6 Å². The first-order valence-corrected chi connectivity index (χ1v) is 15.9. The number of nitrogens with zero attached hydrogens (tertiary/aromatic N) is 5. The van der Waals surface area contributed by atoms with Gasteiger partial charge in [-0.2, -0.15) is 10.4 Å². The minimum atomic E-state index is -1.24. The normalized spacial score (nSPS) is 12.3. The summed E-state index contributed by atoms with van der Waals surface area (Å²) < 4.78 is 23.0. The summed E-state index contributed by atoms with van der Waals surface area (Å²) >= 11 is 6.00. The second-order valence-corrected chi connectivity index (χ2v) is 16.1. The predicted octanol–water partition coefficient (Wildman–Crippen LogP) is 4.74. The molecule has 1 amide bonds. The molecule has 0 saturated carbocycles. The third kappa shape index (κ3) is 7.58. The number of nitriles is 1. The average molecular weight is 545 g/mol. The summed E-state index contributed by atoms with van der Waals surface area (Å²) in [4.78, 5) is 29.1. The molecule has 12 heteroatoms. The lowest BCUT2D eigenvalue weighted by Crippen LogP contribution is -2.36. The van der Waals surface area contributed by atoms with Crippen LogP contribution in [0.25, 0.3) is 11.3 Å². The van der Waals surface area contributed by atoms with E-state index in [0.717, 1.165) is 6.04 Å². The number of Topliss-reactive ketones (excluding diaryl/α,β-unsaturated/α-hetero) is 1. The summed E-state index contributed by atoms with van der Waals surface area (Å²) in [6.45, 7) is 11.0. The third-order valence-corrected chi connectivity index (χ3v) is 7.48. The Hall–Kier alpha value is -3.33. The van der Waals surface area contributed by atoms with E-state index >= 15 is 0 Å². The number of benzene rings is 1. The number of ketones is 1. The van der Waals surface area contributed by atoms with Crippen LogP contribution in [0.3, 0.4) is 0 Å². The molecule has 1 atom stereocenters. The summed E-state index contributed by atoms with van der Waals surface area (Å²) in [6, 6.07) is 6.77. The van der Waals surface area contributed by atoms with Gasteiger partial charge < -0.3 is 14.6 Å². The van der Waals surface area contributed by atoms with Gasteiger partial charge in [-0.3, -0.25) is 14.3 Å². The lowest BCUT2D eigenvalue weighted by atomic mass is 10.1. The maximum absolute atomic E-state index is 14.1. The predicted molar refractivity (Wildman–Crippen MR) is 141 cm³/mol. The zero-order valence-corrected chi connectivity index (χ0v) is 23.3. The van der Waals surface area contributed by atoms with Crippen LogP contribution in [0.1, 0.15) is 40.5 Å². The Morgan fingerprint density at radius 2 is 2.05 bits per heavy atom. The van der Waals surface area contributed by atoms with Crippen LogP contribution in [-0.2, 0) is 18.0 Å². The van der Waals surface area contributed by atoms with E-state index in [1.54, 1.807) is 34.5 Å². The minimum absolute atomic E-state index is 0.0125. The molecule has 0 fully saturated rings. The van der Waals surface area contributed by atoms with Crippen molar-refractivity contribution in [1.29, 1.82) is 5.26 Å². The number of amides is 1. The average Bonchev–Trinajstić information content (AvgIpc) is 3.43.